The molecular weight excluding hydrogens is 339 g/mol. The molecule has 0 amide bonds. The Balaban J connectivity index is 1.79. The van der Waals surface area contributed by atoms with Crippen LogP contribution in [0.3, 0.4) is 0 Å². The van der Waals surface area contributed by atoms with Gasteiger partial charge in [-0.15, -0.1) is 0 Å². The van der Waals surface area contributed by atoms with Crippen molar-refractivity contribution in [3.8, 4) is 11.5 Å². The lowest BCUT2D eigenvalue weighted by Gasteiger charge is -2.20. The van der Waals surface area contributed by atoms with Gasteiger partial charge in [0.1, 0.15) is 5.82 Å². The molecule has 1 aliphatic carbocycles. The number of aromatic nitrogens is 2. The van der Waals surface area contributed by atoms with E-state index in [4.69, 9.17) is 14.2 Å². The van der Waals surface area contributed by atoms with Crippen LogP contribution in [0.25, 0.3) is 0 Å². The molecule has 1 aromatic heterocycles. The van der Waals surface area contributed by atoms with Gasteiger partial charge in [0, 0.05) is 19.1 Å². The summed E-state index contributed by atoms with van der Waals surface area (Å²) in [4.78, 5) is 8.44. The highest BCUT2D eigenvalue weighted by Gasteiger charge is 2.56. The Kier molecular flexibility index (Phi) is 5.38. The van der Waals surface area contributed by atoms with Crippen molar-refractivity contribution in [2.75, 3.05) is 27.1 Å². The molecule has 1 unspecified atom stereocenters. The largest absolute Gasteiger partial charge is 0.489 e. The van der Waals surface area contributed by atoms with Crippen LogP contribution in [0.15, 0.2) is 24.4 Å². The number of methoxy groups -OCH3 is 1. The lowest BCUT2D eigenvalue weighted by atomic mass is 9.94. The maximum atomic E-state index is 14.3. The summed E-state index contributed by atoms with van der Waals surface area (Å²) in [7, 11) is 1.48. The van der Waals surface area contributed by atoms with Crippen LogP contribution in [0, 0.1) is 25.6 Å². The van der Waals surface area contributed by atoms with E-state index in [1.165, 1.54) is 13.2 Å². The van der Waals surface area contributed by atoms with Crippen molar-refractivity contribution in [2.45, 2.75) is 25.7 Å². The van der Waals surface area contributed by atoms with Crippen LogP contribution >= 0.6 is 0 Å². The average Bonchev–Trinajstić information content (AvgIpc) is 3.35. The van der Waals surface area contributed by atoms with Gasteiger partial charge < -0.3 is 19.3 Å². The van der Waals surface area contributed by atoms with Gasteiger partial charge in [-0.3, -0.25) is 0 Å². The smallest absolute Gasteiger partial charge is 0.188 e. The molecule has 1 heterocycles. The number of rotatable bonds is 8. The third kappa shape index (κ3) is 3.64. The van der Waals surface area contributed by atoms with Crippen molar-refractivity contribution in [1.82, 2.24) is 9.97 Å². The molecule has 1 aliphatic rings. The number of aliphatic hydroxyl groups is 1. The topological polar surface area (TPSA) is 73.7 Å². The number of aliphatic hydroxyl groups excluding tert-OH is 1. The minimum atomic E-state index is -0.461. The predicted octanol–water partition coefficient (Wildman–Crippen LogP) is 2.54. The van der Waals surface area contributed by atoms with Crippen molar-refractivity contribution >= 4 is 0 Å². The van der Waals surface area contributed by atoms with Gasteiger partial charge in [0.25, 0.3) is 0 Å². The third-order valence-corrected chi connectivity index (χ3v) is 4.83. The number of halogens is 1. The maximum absolute atomic E-state index is 14.3. The van der Waals surface area contributed by atoms with Crippen LogP contribution in [0.1, 0.15) is 23.5 Å². The molecule has 3 rings (SSSR count). The summed E-state index contributed by atoms with van der Waals surface area (Å²) in [5.41, 5.74) is 1.11. The molecule has 2 atom stereocenters. The van der Waals surface area contributed by atoms with Gasteiger partial charge in [0.15, 0.2) is 24.1 Å². The first-order valence-electron chi connectivity index (χ1n) is 8.46. The Morgan fingerprint density at radius 3 is 2.69 bits per heavy atom. The van der Waals surface area contributed by atoms with Gasteiger partial charge >= 0.3 is 0 Å². The van der Waals surface area contributed by atoms with Gasteiger partial charge in [0.05, 0.1) is 18.5 Å². The van der Waals surface area contributed by atoms with Crippen LogP contribution in [-0.4, -0.2) is 42.2 Å². The van der Waals surface area contributed by atoms with Gasteiger partial charge in [0.2, 0.25) is 0 Å². The van der Waals surface area contributed by atoms with Gasteiger partial charge in [-0.25, -0.2) is 14.4 Å². The number of hydrogen-bond acceptors (Lipinski definition) is 6. The minimum absolute atomic E-state index is 0.0174. The van der Waals surface area contributed by atoms with Crippen molar-refractivity contribution in [3.05, 3.63) is 47.3 Å². The first kappa shape index (κ1) is 18.5. The van der Waals surface area contributed by atoms with Crippen molar-refractivity contribution in [2.24, 2.45) is 5.92 Å². The summed E-state index contributed by atoms with van der Waals surface area (Å²) in [5.74, 6) is 0.976. The molecule has 1 aromatic carbocycles. The van der Waals surface area contributed by atoms with Gasteiger partial charge in [-0.2, -0.15) is 0 Å². The van der Waals surface area contributed by atoms with Crippen LogP contribution < -0.4 is 9.47 Å². The van der Waals surface area contributed by atoms with E-state index in [0.29, 0.717) is 18.2 Å². The number of benzene rings is 1. The fraction of sp³-hybridized carbons (Fsp3) is 0.474. The highest BCUT2D eigenvalue weighted by molar-refractivity contribution is 5.39. The third-order valence-electron chi connectivity index (χ3n) is 4.83. The molecule has 7 heteroatoms. The zero-order chi connectivity index (χ0) is 18.7. The summed E-state index contributed by atoms with van der Waals surface area (Å²) >= 11 is 0. The molecule has 0 bridgehead atoms. The first-order chi connectivity index (χ1) is 12.5. The highest BCUT2D eigenvalue weighted by Crippen LogP contribution is 2.54. The molecule has 6 nitrogen and oxygen atoms in total. The summed E-state index contributed by atoms with van der Waals surface area (Å²) < 4.78 is 30.2. The Morgan fingerprint density at radius 1 is 1.27 bits per heavy atom. The quantitative estimate of drug-likeness (QED) is 0.728. The van der Waals surface area contributed by atoms with Crippen LogP contribution in [-0.2, 0) is 10.2 Å². The van der Waals surface area contributed by atoms with Crippen molar-refractivity contribution < 1.29 is 23.7 Å². The Hall–Kier alpha value is -2.25. The second-order valence-electron chi connectivity index (χ2n) is 6.59. The molecule has 1 saturated carbocycles. The molecule has 1 fully saturated rings. The molecule has 1 N–H and O–H groups in total. The van der Waals surface area contributed by atoms with Crippen LogP contribution in [0.4, 0.5) is 4.39 Å². The van der Waals surface area contributed by atoms with E-state index in [-0.39, 0.29) is 25.1 Å². The summed E-state index contributed by atoms with van der Waals surface area (Å²) in [6, 6.07) is 4.84. The van der Waals surface area contributed by atoms with E-state index < -0.39 is 11.2 Å². The summed E-state index contributed by atoms with van der Waals surface area (Å²) in [5, 5.41) is 9.62. The lowest BCUT2D eigenvalue weighted by Crippen LogP contribution is -2.22. The second kappa shape index (κ2) is 7.55. The number of aryl methyl sites for hydroxylation is 2. The monoisotopic (exact) mass is 362 g/mol. The zero-order valence-corrected chi connectivity index (χ0v) is 15.2. The molecule has 0 aliphatic heterocycles. The Labute approximate surface area is 152 Å². The molecule has 2 aromatic rings. The molecule has 0 radical (unpaired) electrons. The lowest BCUT2D eigenvalue weighted by molar-refractivity contribution is 0.0482. The van der Waals surface area contributed by atoms with Gasteiger partial charge in [-0.1, -0.05) is 6.07 Å². The van der Waals surface area contributed by atoms with E-state index in [9.17, 15) is 9.50 Å². The number of nitrogens with zero attached hydrogens (tertiary/aromatic N) is 2. The van der Waals surface area contributed by atoms with E-state index in [2.05, 4.69) is 9.97 Å². The van der Waals surface area contributed by atoms with Crippen molar-refractivity contribution in [1.29, 1.82) is 0 Å². The van der Waals surface area contributed by atoms with E-state index in [1.807, 2.05) is 19.9 Å². The maximum Gasteiger partial charge on any atom is 0.188 e. The average molecular weight is 362 g/mol. The molecule has 140 valence electrons. The predicted molar refractivity (Wildman–Crippen MR) is 92.8 cm³/mol. The van der Waals surface area contributed by atoms with E-state index >= 15 is 0 Å². The fourth-order valence-corrected chi connectivity index (χ4v) is 3.20. The molecular formula is C19H23FN2O4. The molecule has 0 saturated heterocycles. The zero-order valence-electron chi connectivity index (χ0n) is 15.2. The minimum Gasteiger partial charge on any atom is -0.489 e. The Bertz CT molecular complexity index is 786. The standard InChI is InChI=1S/C19H23FN2O4/c1-12-18(8-21-13(2)22-12)25-10-19(7-15(19)9-23)14-4-5-17(16(20)6-14)26-11-24-3/h4-6,8,15,23H,7,9-11H2,1-3H3/t15-,19?/m0/s1. The highest BCUT2D eigenvalue weighted by atomic mass is 19.1. The summed E-state index contributed by atoms with van der Waals surface area (Å²) in [6.07, 6.45) is 2.37. The van der Waals surface area contributed by atoms with Crippen molar-refractivity contribution in [3.63, 3.8) is 0 Å². The first-order valence-corrected chi connectivity index (χ1v) is 8.46. The molecule has 0 spiro atoms. The van der Waals surface area contributed by atoms with Gasteiger partial charge in [-0.05, 0) is 43.9 Å². The SMILES string of the molecule is COCOc1ccc(C2(COc3cnc(C)nc3C)C[C@H]2CO)cc1F. The van der Waals surface area contributed by atoms with Crippen LogP contribution in [0.5, 0.6) is 11.5 Å². The second-order valence-corrected chi connectivity index (χ2v) is 6.59. The number of ether oxygens (including phenoxy) is 3. The van der Waals surface area contributed by atoms with E-state index in [0.717, 1.165) is 17.7 Å². The molecule has 26 heavy (non-hydrogen) atoms. The fourth-order valence-electron chi connectivity index (χ4n) is 3.20. The number of hydrogen-bond donors (Lipinski definition) is 1. The normalized spacial score (nSPS) is 21.5. The Morgan fingerprint density at radius 2 is 2.08 bits per heavy atom. The van der Waals surface area contributed by atoms with Crippen LogP contribution in [0.2, 0.25) is 0 Å². The van der Waals surface area contributed by atoms with E-state index in [1.54, 1.807) is 12.3 Å². The summed E-state index contributed by atoms with van der Waals surface area (Å²) in [6.45, 7) is 4.00.